The van der Waals surface area contributed by atoms with Crippen LogP contribution in [0, 0.1) is 27.7 Å². The molecule has 20 rings (SSSR count). The zero-order valence-corrected chi connectivity index (χ0v) is 76.1. The van der Waals surface area contributed by atoms with E-state index in [0.717, 1.165) is 168 Å². The Kier molecular flexibility index (Phi) is 29.0. The molecule has 0 spiro atoms. The van der Waals surface area contributed by atoms with E-state index in [0.29, 0.717) is 29.0 Å². The van der Waals surface area contributed by atoms with Gasteiger partial charge in [-0.2, -0.15) is 20.4 Å². The van der Waals surface area contributed by atoms with Crippen LogP contribution in [-0.4, -0.2) is 119 Å². The molecular formula is C100H89N23S6. The molecule has 1 fully saturated rings. The Morgan fingerprint density at radius 3 is 1.03 bits per heavy atom. The lowest BCUT2D eigenvalue weighted by molar-refractivity contribution is 0.282. The first-order valence-corrected chi connectivity index (χ1v) is 47.2. The van der Waals surface area contributed by atoms with Crippen LogP contribution in [0.2, 0.25) is 0 Å². The fourth-order valence-electron chi connectivity index (χ4n) is 14.3. The summed E-state index contributed by atoms with van der Waals surface area (Å²) in [5.41, 5.74) is 19.6. The SMILES string of the molecule is Cc1c(-c2ccnc(Nc3ccccc3)n2)c(SC2CCN(C)CC2)nn1-c1ccccc1.Cc1c(-c2ccnc(Nc3ccccc3)n2)c(SCc2cccs2)nn1-c1ccccc1.Cc1c(-c2ccnc(Nc3ccccc3)n2)c(SCc2nccs2)nn1-c1ccccc1.Cc1c(-c2ccnc(Nc3ccccc3)n2)c(Sc2cccnc2)nn1-c1ccccc1. The lowest BCUT2D eigenvalue weighted by atomic mass is 10.1. The van der Waals surface area contributed by atoms with Crippen molar-refractivity contribution in [2.75, 3.05) is 41.4 Å². The number of benzene rings is 8. The van der Waals surface area contributed by atoms with Crippen molar-refractivity contribution in [3.05, 3.63) is 378 Å². The average Bonchev–Trinajstić information content (AvgIpc) is 1.65. The average molecular weight is 1810 g/mol. The Labute approximate surface area is 773 Å². The third-order valence-corrected chi connectivity index (χ3v) is 26.9. The normalized spacial score (nSPS) is 11.9. The van der Waals surface area contributed by atoms with E-state index < -0.39 is 0 Å². The third-order valence-electron chi connectivity index (χ3n) is 20.6. The van der Waals surface area contributed by atoms with Gasteiger partial charge in [0.25, 0.3) is 0 Å². The first kappa shape index (κ1) is 87.1. The summed E-state index contributed by atoms with van der Waals surface area (Å²) in [5.74, 6) is 3.87. The second kappa shape index (κ2) is 43.0. The number of likely N-dealkylation sites (tertiary alicyclic amines) is 1. The van der Waals surface area contributed by atoms with E-state index in [-0.39, 0.29) is 0 Å². The smallest absolute Gasteiger partial charge is 0.227 e. The molecule has 11 aromatic heterocycles. The maximum absolute atomic E-state index is 5.07. The van der Waals surface area contributed by atoms with E-state index in [1.165, 1.54) is 17.7 Å². The van der Waals surface area contributed by atoms with Gasteiger partial charge >= 0.3 is 0 Å². The van der Waals surface area contributed by atoms with E-state index >= 15 is 0 Å². The van der Waals surface area contributed by atoms with Crippen molar-refractivity contribution >= 4 is 116 Å². The number of anilines is 8. The van der Waals surface area contributed by atoms with Crippen molar-refractivity contribution in [1.82, 2.24) is 93.9 Å². The van der Waals surface area contributed by atoms with Crippen LogP contribution in [0.5, 0.6) is 0 Å². The van der Waals surface area contributed by atoms with Crippen molar-refractivity contribution in [2.45, 2.75) is 82.3 Å². The number of para-hydroxylation sites is 8. The van der Waals surface area contributed by atoms with E-state index in [4.69, 9.17) is 40.3 Å². The second-order valence-electron chi connectivity index (χ2n) is 29.6. The fraction of sp³-hybridized carbons (Fsp3) is 0.120. The monoisotopic (exact) mass is 1800 g/mol. The number of aromatic nitrogens is 18. The van der Waals surface area contributed by atoms with Crippen molar-refractivity contribution < 1.29 is 0 Å². The van der Waals surface area contributed by atoms with E-state index in [1.54, 1.807) is 82.7 Å². The van der Waals surface area contributed by atoms with E-state index in [9.17, 15) is 0 Å². The largest absolute Gasteiger partial charge is 0.324 e. The van der Waals surface area contributed by atoms with Gasteiger partial charge in [0.05, 0.1) is 96.3 Å². The predicted molar refractivity (Wildman–Crippen MR) is 526 cm³/mol. The van der Waals surface area contributed by atoms with Gasteiger partial charge in [0.1, 0.15) is 25.1 Å². The zero-order valence-electron chi connectivity index (χ0n) is 71.2. The van der Waals surface area contributed by atoms with Gasteiger partial charge in [-0.1, -0.05) is 187 Å². The van der Waals surface area contributed by atoms with Gasteiger partial charge in [0, 0.05) is 92.3 Å². The summed E-state index contributed by atoms with van der Waals surface area (Å²) in [6.45, 7) is 10.6. The number of piperidine rings is 1. The molecule has 0 saturated carbocycles. The van der Waals surface area contributed by atoms with Gasteiger partial charge in [-0.15, -0.1) is 34.4 Å². The molecular weight excluding hydrogens is 1720 g/mol. The standard InChI is InChI=1S/C26H28N6S.C25H20N6S.C25H21N5S2.C24H20N6S2/c1-19-24(23-13-16-27-26(29-23)28-20-9-5-3-6-10-20)25(33-22-14-17-31(2)18-15-22)30-32(19)21-11-7-4-8-12-21;1-18-23(22-14-16-27-25(29-22)28-19-9-4-2-5-10-19)24(32-21-13-8-15-26-17-21)30-31(18)20-11-6-3-7-12-20;1-18-23(22-14-15-26-25(28-22)27-19-9-4-2-5-10-19)24(32-17-21-13-8-16-31-21)29-30(18)20-11-6-3-7-12-20;1-17-22(20-12-13-26-24(28-20)27-18-8-4-2-5-9-18)23(32-16-21-25-14-15-31-21)29-30(17)19-10-6-3-7-11-19/h3-13,16,22H,14-15,17-18H2,1-2H3,(H,27,28,29);2-17H,1H3,(H,27,28,29);2-16H,17H2,1H3,(H,26,27,28);2-15H,16H2,1H3,(H,26,27,28). The topological polar surface area (TPSA) is 252 Å². The molecule has 12 heterocycles. The quantitative estimate of drug-likeness (QED) is 0.0368. The number of rotatable bonds is 26. The Bertz CT molecular complexity index is 6550. The van der Waals surface area contributed by atoms with Crippen LogP contribution in [0.15, 0.2) is 370 Å². The van der Waals surface area contributed by atoms with Gasteiger partial charge in [-0.3, -0.25) is 4.98 Å². The number of nitrogens with one attached hydrogen (secondary N) is 4. The molecule has 640 valence electrons. The highest BCUT2D eigenvalue weighted by molar-refractivity contribution is 8.00. The Morgan fingerprint density at radius 2 is 0.682 bits per heavy atom. The van der Waals surface area contributed by atoms with Gasteiger partial charge in [0.2, 0.25) is 23.8 Å². The molecule has 8 aromatic carbocycles. The molecule has 1 aliphatic rings. The van der Waals surface area contributed by atoms with Crippen molar-refractivity contribution in [3.63, 3.8) is 0 Å². The molecule has 1 aliphatic heterocycles. The zero-order chi connectivity index (χ0) is 87.9. The van der Waals surface area contributed by atoms with Crippen LogP contribution in [0.3, 0.4) is 0 Å². The summed E-state index contributed by atoms with van der Waals surface area (Å²) in [6.07, 6.45) is 14.9. The molecule has 0 aliphatic carbocycles. The van der Waals surface area contributed by atoms with Gasteiger partial charge in [-0.25, -0.2) is 63.6 Å². The van der Waals surface area contributed by atoms with Crippen LogP contribution >= 0.6 is 69.7 Å². The maximum atomic E-state index is 5.07. The Morgan fingerprint density at radius 1 is 0.333 bits per heavy atom. The predicted octanol–water partition coefficient (Wildman–Crippen LogP) is 24.4. The minimum Gasteiger partial charge on any atom is -0.324 e. The van der Waals surface area contributed by atoms with Crippen molar-refractivity contribution in [2.24, 2.45) is 0 Å². The molecule has 29 heteroatoms. The first-order valence-electron chi connectivity index (χ1n) is 41.8. The van der Waals surface area contributed by atoms with Crippen molar-refractivity contribution in [1.29, 1.82) is 0 Å². The number of hydrogen-bond donors (Lipinski definition) is 4. The molecule has 23 nitrogen and oxygen atoms in total. The van der Waals surface area contributed by atoms with Crippen LogP contribution in [0.1, 0.15) is 45.5 Å². The Hall–Kier alpha value is -14.0. The van der Waals surface area contributed by atoms with Gasteiger partial charge < -0.3 is 26.2 Å². The molecule has 0 radical (unpaired) electrons. The summed E-state index contributed by atoms with van der Waals surface area (Å²) in [6, 6.07) is 96.6. The molecule has 4 N–H and O–H groups in total. The maximum Gasteiger partial charge on any atom is 0.227 e. The molecule has 0 bridgehead atoms. The number of nitrogens with zero attached hydrogens (tertiary/aromatic N) is 19. The lowest BCUT2D eigenvalue weighted by Crippen LogP contribution is -2.31. The molecule has 0 unspecified atom stereocenters. The molecule has 19 aromatic rings. The summed E-state index contributed by atoms with van der Waals surface area (Å²) in [5, 5.41) is 42.6. The van der Waals surface area contributed by atoms with Crippen molar-refractivity contribution in [3.8, 4) is 67.8 Å². The second-order valence-corrected chi connectivity index (χ2v) is 35.9. The summed E-state index contributed by atoms with van der Waals surface area (Å²) < 4.78 is 7.98. The van der Waals surface area contributed by atoms with Gasteiger partial charge in [-0.05, 0) is 206 Å². The highest BCUT2D eigenvalue weighted by Gasteiger charge is 2.28. The number of pyridine rings is 1. The summed E-state index contributed by atoms with van der Waals surface area (Å²) >= 11 is 10.3. The van der Waals surface area contributed by atoms with Crippen LogP contribution in [0.25, 0.3) is 67.8 Å². The Balaban J connectivity index is 0.000000121. The van der Waals surface area contributed by atoms with E-state index in [1.807, 2.05) is 297 Å². The van der Waals surface area contributed by atoms with Crippen LogP contribution < -0.4 is 21.3 Å². The fourth-order valence-corrected chi connectivity index (χ4v) is 20.1. The highest BCUT2D eigenvalue weighted by atomic mass is 32.2. The summed E-state index contributed by atoms with van der Waals surface area (Å²) in [7, 11) is 2.20. The number of thiophene rings is 1. The molecule has 0 atom stereocenters. The minimum absolute atomic E-state index is 0.540. The number of thiazole rings is 1. The number of hydrogen-bond acceptors (Lipinski definition) is 25. The lowest BCUT2D eigenvalue weighted by Gasteiger charge is -2.28. The first-order chi connectivity index (χ1) is 63.5. The highest BCUT2D eigenvalue weighted by Crippen LogP contribution is 2.43. The summed E-state index contributed by atoms with van der Waals surface area (Å²) in [4.78, 5) is 50.4. The third kappa shape index (κ3) is 22.5. The number of thioether (sulfide) groups is 3. The van der Waals surface area contributed by atoms with Gasteiger partial charge in [0.15, 0.2) is 0 Å². The van der Waals surface area contributed by atoms with E-state index in [2.05, 4.69) is 145 Å². The molecule has 0 amide bonds. The minimum atomic E-state index is 0.540. The van der Waals surface area contributed by atoms with Crippen LogP contribution in [0.4, 0.5) is 46.5 Å². The van der Waals surface area contributed by atoms with Crippen LogP contribution in [-0.2, 0) is 11.5 Å². The molecule has 1 saturated heterocycles. The molecule has 129 heavy (non-hydrogen) atoms.